The van der Waals surface area contributed by atoms with E-state index in [2.05, 4.69) is 10.6 Å². The molecule has 1 saturated heterocycles. The quantitative estimate of drug-likeness (QED) is 0.244. The van der Waals surface area contributed by atoms with Crippen molar-refractivity contribution < 1.29 is 32.2 Å². The molecule has 4 aromatic rings. The van der Waals surface area contributed by atoms with Crippen molar-refractivity contribution >= 4 is 28.9 Å². The van der Waals surface area contributed by atoms with Gasteiger partial charge >= 0.3 is 6.18 Å². The van der Waals surface area contributed by atoms with Gasteiger partial charge < -0.3 is 35.3 Å². The molecule has 0 radical (unpaired) electrons. The average molecular weight is 606 g/mol. The van der Waals surface area contributed by atoms with Gasteiger partial charge in [0, 0.05) is 36.1 Å². The normalized spacial score (nSPS) is 15.2. The van der Waals surface area contributed by atoms with Crippen LogP contribution in [-0.4, -0.2) is 48.6 Å². The Morgan fingerprint density at radius 2 is 1.64 bits per heavy atom. The summed E-state index contributed by atoms with van der Waals surface area (Å²) in [4.78, 5) is 28.3. The van der Waals surface area contributed by atoms with E-state index >= 15 is 0 Å². The van der Waals surface area contributed by atoms with Crippen molar-refractivity contribution in [1.82, 2.24) is 9.47 Å². The maximum atomic E-state index is 13.6. The van der Waals surface area contributed by atoms with E-state index in [0.717, 1.165) is 17.8 Å². The number of ether oxygens (including phenoxy) is 2. The lowest BCUT2D eigenvalue weighted by Crippen LogP contribution is -2.51. The first-order valence-electron chi connectivity index (χ1n) is 13.9. The number of amides is 2. The number of alkyl halides is 3. The highest BCUT2D eigenvalue weighted by molar-refractivity contribution is 6.06. The van der Waals surface area contributed by atoms with Gasteiger partial charge in [0.25, 0.3) is 11.8 Å². The Bertz CT molecular complexity index is 1760. The zero-order chi connectivity index (χ0) is 31.2. The van der Waals surface area contributed by atoms with Gasteiger partial charge in [-0.05, 0) is 79.6 Å². The number of carbonyl (C=O) groups is 2. The van der Waals surface area contributed by atoms with Crippen molar-refractivity contribution in [3.8, 4) is 17.2 Å². The Morgan fingerprint density at radius 1 is 0.932 bits per heavy atom. The molecule has 1 aromatic heterocycles. The lowest BCUT2D eigenvalue weighted by Gasteiger charge is -2.46. The van der Waals surface area contributed by atoms with Gasteiger partial charge in [-0.3, -0.25) is 9.59 Å². The summed E-state index contributed by atoms with van der Waals surface area (Å²) in [6, 6.07) is 17.0. The number of likely N-dealkylation sites (tertiary alicyclic amines) is 1. The standard InChI is InChI=1S/C32H30F3N5O4/c1-43-26-9-5-19(16-22(26)36)29(41)37-24-17-20(6-10-27(24)44-2)30(42)39-14-11-31(12-15-39)28-4-3-13-40(28)25-8-7-21(32(33,34)35)18-23(25)38-31/h3-10,13,16-18,38H,11-12,14-15,36H2,1-2H3,(H,37,41). The molecule has 2 amide bonds. The number of hydrogen-bond acceptors (Lipinski definition) is 6. The maximum Gasteiger partial charge on any atom is 0.416 e. The third-order valence-electron chi connectivity index (χ3n) is 8.29. The maximum absolute atomic E-state index is 13.6. The molecular weight excluding hydrogens is 575 g/mol. The lowest BCUT2D eigenvalue weighted by molar-refractivity contribution is -0.137. The highest BCUT2D eigenvalue weighted by Crippen LogP contribution is 2.45. The largest absolute Gasteiger partial charge is 0.495 e. The van der Waals surface area contributed by atoms with E-state index in [1.54, 1.807) is 35.2 Å². The van der Waals surface area contributed by atoms with Gasteiger partial charge in [0.1, 0.15) is 11.5 Å². The molecule has 3 heterocycles. The molecule has 0 unspecified atom stereocenters. The van der Waals surface area contributed by atoms with E-state index in [0.29, 0.717) is 71.3 Å². The van der Waals surface area contributed by atoms with Crippen LogP contribution >= 0.6 is 0 Å². The molecular formula is C32H30F3N5O4. The van der Waals surface area contributed by atoms with Crippen LogP contribution in [0.4, 0.5) is 30.2 Å². The van der Waals surface area contributed by atoms with Crippen molar-refractivity contribution in [2.75, 3.05) is 43.7 Å². The molecule has 9 nitrogen and oxygen atoms in total. The number of methoxy groups -OCH3 is 2. The molecule has 1 spiro atoms. The second kappa shape index (κ2) is 10.9. The highest BCUT2D eigenvalue weighted by Gasteiger charge is 2.43. The molecule has 44 heavy (non-hydrogen) atoms. The van der Waals surface area contributed by atoms with Crippen molar-refractivity contribution in [2.24, 2.45) is 0 Å². The zero-order valence-corrected chi connectivity index (χ0v) is 24.0. The number of piperidine rings is 1. The van der Waals surface area contributed by atoms with E-state index in [4.69, 9.17) is 15.2 Å². The minimum absolute atomic E-state index is 0.238. The van der Waals surface area contributed by atoms with Crippen LogP contribution in [0.3, 0.4) is 0 Å². The summed E-state index contributed by atoms with van der Waals surface area (Å²) in [6.45, 7) is 0.730. The molecule has 1 fully saturated rings. The molecule has 12 heteroatoms. The number of carbonyl (C=O) groups excluding carboxylic acids is 2. The van der Waals surface area contributed by atoms with Crippen LogP contribution in [0.2, 0.25) is 0 Å². The number of benzene rings is 3. The number of halogens is 3. The van der Waals surface area contributed by atoms with Gasteiger partial charge in [-0.2, -0.15) is 13.2 Å². The summed E-state index contributed by atoms with van der Waals surface area (Å²) in [5.74, 6) is 0.139. The predicted octanol–water partition coefficient (Wildman–Crippen LogP) is 5.90. The monoisotopic (exact) mass is 605 g/mol. The summed E-state index contributed by atoms with van der Waals surface area (Å²) in [5.41, 5.74) is 7.85. The van der Waals surface area contributed by atoms with E-state index < -0.39 is 23.2 Å². The highest BCUT2D eigenvalue weighted by atomic mass is 19.4. The topological polar surface area (TPSA) is 111 Å². The number of hydrogen-bond donors (Lipinski definition) is 3. The van der Waals surface area contributed by atoms with Gasteiger partial charge in [0.05, 0.1) is 48.1 Å². The molecule has 0 aliphatic carbocycles. The Morgan fingerprint density at radius 3 is 2.32 bits per heavy atom. The third kappa shape index (κ3) is 5.06. The summed E-state index contributed by atoms with van der Waals surface area (Å²) >= 11 is 0. The first-order chi connectivity index (χ1) is 21.0. The SMILES string of the molecule is COc1ccc(C(=O)Nc2cc(C(=O)N3CCC4(CC3)Nc3cc(C(F)(F)F)ccc3-n3cccc34)ccc2OC)cc1N. The third-order valence-corrected chi connectivity index (χ3v) is 8.29. The van der Waals surface area contributed by atoms with E-state index in [9.17, 15) is 22.8 Å². The lowest BCUT2D eigenvalue weighted by atomic mass is 9.82. The number of nitrogens with two attached hydrogens (primary N) is 1. The smallest absolute Gasteiger partial charge is 0.416 e. The summed E-state index contributed by atoms with van der Waals surface area (Å²) in [7, 11) is 2.95. The fourth-order valence-electron chi connectivity index (χ4n) is 5.99. The Balaban J connectivity index is 1.20. The van der Waals surface area contributed by atoms with Crippen LogP contribution in [0.15, 0.2) is 72.9 Å². The van der Waals surface area contributed by atoms with Crippen molar-refractivity contribution in [1.29, 1.82) is 0 Å². The zero-order valence-electron chi connectivity index (χ0n) is 24.0. The van der Waals surface area contributed by atoms with Crippen LogP contribution in [0.25, 0.3) is 5.69 Å². The number of nitrogens with one attached hydrogen (secondary N) is 2. The van der Waals surface area contributed by atoms with E-state index in [1.807, 2.05) is 22.9 Å². The molecule has 6 rings (SSSR count). The van der Waals surface area contributed by atoms with Crippen molar-refractivity contribution in [3.63, 3.8) is 0 Å². The van der Waals surface area contributed by atoms with Crippen molar-refractivity contribution in [3.05, 3.63) is 95.3 Å². The Kier molecular flexibility index (Phi) is 7.14. The molecule has 0 atom stereocenters. The molecule has 0 bridgehead atoms. The van der Waals surface area contributed by atoms with Crippen molar-refractivity contribution in [2.45, 2.75) is 24.6 Å². The molecule has 2 aliphatic rings. The van der Waals surface area contributed by atoms with Crippen LogP contribution < -0.4 is 25.8 Å². The molecule has 4 N–H and O–H groups in total. The van der Waals surface area contributed by atoms with E-state index in [-0.39, 0.29) is 5.91 Å². The molecule has 2 aliphatic heterocycles. The van der Waals surface area contributed by atoms with Crippen LogP contribution in [0, 0.1) is 0 Å². The fourth-order valence-corrected chi connectivity index (χ4v) is 5.99. The predicted molar refractivity (Wildman–Crippen MR) is 160 cm³/mol. The second-order valence-corrected chi connectivity index (χ2v) is 10.8. The minimum Gasteiger partial charge on any atom is -0.495 e. The Hall–Kier alpha value is -5.13. The van der Waals surface area contributed by atoms with Gasteiger partial charge in [0.15, 0.2) is 0 Å². The molecule has 3 aromatic carbocycles. The number of nitrogen functional groups attached to an aromatic ring is 1. The number of rotatable bonds is 5. The Labute approximate surface area is 251 Å². The first kappa shape index (κ1) is 29.0. The second-order valence-electron chi connectivity index (χ2n) is 10.8. The van der Waals surface area contributed by atoms with Gasteiger partial charge in [0.2, 0.25) is 0 Å². The average Bonchev–Trinajstić information content (AvgIpc) is 3.52. The first-order valence-corrected chi connectivity index (χ1v) is 13.9. The molecule has 0 saturated carbocycles. The summed E-state index contributed by atoms with van der Waals surface area (Å²) in [5, 5.41) is 6.20. The minimum atomic E-state index is -4.46. The van der Waals surface area contributed by atoms with E-state index in [1.165, 1.54) is 26.4 Å². The number of nitrogens with zero attached hydrogens (tertiary/aromatic N) is 2. The number of aromatic nitrogens is 1. The molecule has 228 valence electrons. The summed E-state index contributed by atoms with van der Waals surface area (Å²) in [6.07, 6.45) is -1.65. The van der Waals surface area contributed by atoms with Crippen LogP contribution in [-0.2, 0) is 11.7 Å². The van der Waals surface area contributed by atoms with Gasteiger partial charge in [-0.1, -0.05) is 0 Å². The van der Waals surface area contributed by atoms with Gasteiger partial charge in [-0.25, -0.2) is 0 Å². The number of anilines is 3. The van der Waals surface area contributed by atoms with Crippen LogP contribution in [0.5, 0.6) is 11.5 Å². The van der Waals surface area contributed by atoms with Crippen LogP contribution in [0.1, 0.15) is 44.8 Å². The number of fused-ring (bicyclic) bond motifs is 4. The van der Waals surface area contributed by atoms with Gasteiger partial charge in [-0.15, -0.1) is 0 Å². The summed E-state index contributed by atoms with van der Waals surface area (Å²) < 4.78 is 52.9. The fraction of sp³-hybridized carbons (Fsp3) is 0.250.